The Labute approximate surface area is 153 Å². The minimum Gasteiger partial charge on any atom is -0.497 e. The monoisotopic (exact) mass is 346 g/mol. The molecule has 1 atom stereocenters. The summed E-state index contributed by atoms with van der Waals surface area (Å²) in [6.45, 7) is 4.00. The fourth-order valence-electron chi connectivity index (χ4n) is 3.77. The third-order valence-electron chi connectivity index (χ3n) is 5.17. The van der Waals surface area contributed by atoms with E-state index in [1.165, 1.54) is 11.1 Å². The van der Waals surface area contributed by atoms with E-state index in [0.717, 1.165) is 34.8 Å². The van der Waals surface area contributed by atoms with E-state index >= 15 is 0 Å². The van der Waals surface area contributed by atoms with Crippen LogP contribution in [0.15, 0.2) is 48.5 Å². The summed E-state index contributed by atoms with van der Waals surface area (Å²) in [7, 11) is 1.65. The van der Waals surface area contributed by atoms with E-state index in [1.807, 2.05) is 35.9 Å². The maximum atomic E-state index is 12.8. The molecule has 1 aliphatic carbocycles. The van der Waals surface area contributed by atoms with E-state index in [0.29, 0.717) is 6.42 Å². The number of aryl methyl sites for hydroxylation is 2. The number of aromatic nitrogens is 2. The van der Waals surface area contributed by atoms with Crippen LogP contribution in [-0.4, -0.2) is 22.7 Å². The number of hydrogen-bond donors (Lipinski definition) is 0. The summed E-state index contributed by atoms with van der Waals surface area (Å²) in [6, 6.07) is 16.3. The summed E-state index contributed by atoms with van der Waals surface area (Å²) >= 11 is 0. The van der Waals surface area contributed by atoms with Gasteiger partial charge in [-0.3, -0.25) is 4.79 Å². The van der Waals surface area contributed by atoms with E-state index in [-0.39, 0.29) is 11.7 Å². The summed E-state index contributed by atoms with van der Waals surface area (Å²) in [5.74, 6) is 1.19. The van der Waals surface area contributed by atoms with Gasteiger partial charge in [0, 0.05) is 6.42 Å². The molecular weight excluding hydrogens is 324 g/mol. The number of hydrogen-bond acceptors (Lipinski definition) is 3. The molecule has 4 rings (SSSR count). The molecular formula is C22H22N2O2. The molecule has 0 unspecified atom stereocenters. The SMILES string of the molecule is COc1ccc(-n2nc(C)c3c2C[C@H](c2ccc(C)cc2)CC3=O)cc1. The molecule has 2 aromatic carbocycles. The van der Waals surface area contributed by atoms with Gasteiger partial charge in [0.05, 0.1) is 29.7 Å². The van der Waals surface area contributed by atoms with E-state index in [9.17, 15) is 4.79 Å². The van der Waals surface area contributed by atoms with E-state index < -0.39 is 0 Å². The van der Waals surface area contributed by atoms with Crippen LogP contribution in [0.5, 0.6) is 5.75 Å². The highest BCUT2D eigenvalue weighted by molar-refractivity contribution is 6.00. The normalized spacial score (nSPS) is 16.4. The lowest BCUT2D eigenvalue weighted by Gasteiger charge is -2.23. The zero-order valence-electron chi connectivity index (χ0n) is 15.3. The number of Topliss-reactive ketones (excluding diaryl/α,β-unsaturated/α-hetero) is 1. The Kier molecular flexibility index (Phi) is 4.11. The predicted octanol–water partition coefficient (Wildman–Crippen LogP) is 4.41. The van der Waals surface area contributed by atoms with E-state index in [2.05, 4.69) is 36.3 Å². The number of ether oxygens (including phenoxy) is 1. The number of benzene rings is 2. The molecule has 132 valence electrons. The zero-order valence-corrected chi connectivity index (χ0v) is 15.3. The first-order chi connectivity index (χ1) is 12.6. The van der Waals surface area contributed by atoms with Gasteiger partial charge in [0.25, 0.3) is 0 Å². The Balaban J connectivity index is 1.75. The molecule has 1 aliphatic rings. The molecule has 0 spiro atoms. The molecule has 0 N–H and O–H groups in total. The molecule has 0 fully saturated rings. The lowest BCUT2D eigenvalue weighted by atomic mass is 9.81. The molecule has 1 heterocycles. The molecule has 4 heteroatoms. The first-order valence-electron chi connectivity index (χ1n) is 8.89. The minimum atomic E-state index is 0.189. The quantitative estimate of drug-likeness (QED) is 0.705. The number of fused-ring (bicyclic) bond motifs is 1. The summed E-state index contributed by atoms with van der Waals surface area (Å²) < 4.78 is 7.16. The zero-order chi connectivity index (χ0) is 18.3. The van der Waals surface area contributed by atoms with Gasteiger partial charge in [-0.15, -0.1) is 0 Å². The Morgan fingerprint density at radius 2 is 1.69 bits per heavy atom. The molecule has 3 aromatic rings. The molecule has 0 aliphatic heterocycles. The topological polar surface area (TPSA) is 44.1 Å². The number of carbonyl (C=O) groups excluding carboxylic acids is 1. The van der Waals surface area contributed by atoms with Crippen molar-refractivity contribution < 1.29 is 9.53 Å². The number of nitrogens with zero attached hydrogens (tertiary/aromatic N) is 2. The largest absolute Gasteiger partial charge is 0.497 e. The number of rotatable bonds is 3. The highest BCUT2D eigenvalue weighted by Crippen LogP contribution is 2.35. The third kappa shape index (κ3) is 2.81. The van der Waals surface area contributed by atoms with Gasteiger partial charge in [-0.1, -0.05) is 29.8 Å². The van der Waals surface area contributed by atoms with Crippen LogP contribution >= 0.6 is 0 Å². The summed E-state index contributed by atoms with van der Waals surface area (Å²) in [4.78, 5) is 12.8. The number of ketones is 1. The van der Waals surface area contributed by atoms with Crippen molar-refractivity contribution >= 4 is 5.78 Å². The number of carbonyl (C=O) groups is 1. The van der Waals surface area contributed by atoms with Crippen LogP contribution in [0.2, 0.25) is 0 Å². The highest BCUT2D eigenvalue weighted by Gasteiger charge is 2.32. The Bertz CT molecular complexity index is 953. The minimum absolute atomic E-state index is 0.189. The first-order valence-corrected chi connectivity index (χ1v) is 8.89. The molecule has 1 aromatic heterocycles. The smallest absolute Gasteiger partial charge is 0.167 e. The van der Waals surface area contributed by atoms with Gasteiger partial charge >= 0.3 is 0 Å². The molecule has 0 saturated heterocycles. The predicted molar refractivity (Wildman–Crippen MR) is 101 cm³/mol. The van der Waals surface area contributed by atoms with Crippen molar-refractivity contribution in [3.05, 3.63) is 76.6 Å². The van der Waals surface area contributed by atoms with Crippen molar-refractivity contribution in [2.45, 2.75) is 32.6 Å². The summed E-state index contributed by atoms with van der Waals surface area (Å²) in [6.07, 6.45) is 1.36. The average molecular weight is 346 g/mol. The van der Waals surface area contributed by atoms with Crippen molar-refractivity contribution in [1.82, 2.24) is 9.78 Å². The van der Waals surface area contributed by atoms with Crippen molar-refractivity contribution in [2.24, 2.45) is 0 Å². The second kappa shape index (κ2) is 6.45. The van der Waals surface area contributed by atoms with Gasteiger partial charge in [0.2, 0.25) is 0 Å². The van der Waals surface area contributed by atoms with Crippen molar-refractivity contribution in [1.29, 1.82) is 0 Å². The molecule has 0 saturated carbocycles. The molecule has 0 radical (unpaired) electrons. The second-order valence-electron chi connectivity index (χ2n) is 6.96. The van der Waals surface area contributed by atoms with Gasteiger partial charge in [0.1, 0.15) is 5.75 Å². The second-order valence-corrected chi connectivity index (χ2v) is 6.96. The fraction of sp³-hybridized carbons (Fsp3) is 0.273. The van der Waals surface area contributed by atoms with Crippen LogP contribution in [0.1, 0.15) is 45.2 Å². The van der Waals surface area contributed by atoms with Gasteiger partial charge in [-0.2, -0.15) is 5.10 Å². The van der Waals surface area contributed by atoms with Crippen LogP contribution in [0.4, 0.5) is 0 Å². The maximum absolute atomic E-state index is 12.8. The van der Waals surface area contributed by atoms with Crippen LogP contribution in [0, 0.1) is 13.8 Å². The van der Waals surface area contributed by atoms with E-state index in [1.54, 1.807) is 7.11 Å². The van der Waals surface area contributed by atoms with Crippen LogP contribution in [0.25, 0.3) is 5.69 Å². The van der Waals surface area contributed by atoms with Crippen molar-refractivity contribution in [3.63, 3.8) is 0 Å². The standard InChI is InChI=1S/C22H22N2O2/c1-14-4-6-16(7-5-14)17-12-20-22(21(25)13-17)15(2)23-24(20)18-8-10-19(26-3)11-9-18/h4-11,17H,12-13H2,1-3H3/t17-/m0/s1. The molecule has 26 heavy (non-hydrogen) atoms. The number of methoxy groups -OCH3 is 1. The lowest BCUT2D eigenvalue weighted by Crippen LogP contribution is -2.20. The van der Waals surface area contributed by atoms with Crippen LogP contribution < -0.4 is 4.74 Å². The van der Waals surface area contributed by atoms with Gasteiger partial charge < -0.3 is 4.74 Å². The molecule has 4 nitrogen and oxygen atoms in total. The molecule has 0 bridgehead atoms. The van der Waals surface area contributed by atoms with Crippen molar-refractivity contribution in [3.8, 4) is 11.4 Å². The highest BCUT2D eigenvalue weighted by atomic mass is 16.5. The van der Waals surface area contributed by atoms with Crippen LogP contribution in [-0.2, 0) is 6.42 Å². The Morgan fingerprint density at radius 3 is 2.35 bits per heavy atom. The third-order valence-corrected chi connectivity index (χ3v) is 5.17. The first kappa shape index (κ1) is 16.6. The van der Waals surface area contributed by atoms with Gasteiger partial charge in [-0.25, -0.2) is 4.68 Å². The maximum Gasteiger partial charge on any atom is 0.167 e. The summed E-state index contributed by atoms with van der Waals surface area (Å²) in [5.41, 5.74) is 6.01. The Morgan fingerprint density at radius 1 is 1.00 bits per heavy atom. The van der Waals surface area contributed by atoms with Gasteiger partial charge in [-0.05, 0) is 56.0 Å². The Hall–Kier alpha value is -2.88. The average Bonchev–Trinajstić information content (AvgIpc) is 2.99. The van der Waals surface area contributed by atoms with Gasteiger partial charge in [0.15, 0.2) is 5.78 Å². The van der Waals surface area contributed by atoms with E-state index in [4.69, 9.17) is 4.74 Å². The molecule has 0 amide bonds. The fourth-order valence-corrected chi connectivity index (χ4v) is 3.77. The lowest BCUT2D eigenvalue weighted by molar-refractivity contribution is 0.0963. The van der Waals surface area contributed by atoms with Crippen LogP contribution in [0.3, 0.4) is 0 Å². The summed E-state index contributed by atoms with van der Waals surface area (Å²) in [5, 5.41) is 4.67. The van der Waals surface area contributed by atoms with Crippen molar-refractivity contribution in [2.75, 3.05) is 7.11 Å².